The number of rotatable bonds is 3. The van der Waals surface area contributed by atoms with Crippen LogP contribution in [0, 0.1) is 12.8 Å². The molecule has 1 aliphatic carbocycles. The number of anilines is 1. The van der Waals surface area contributed by atoms with Gasteiger partial charge in [-0.3, -0.25) is 9.59 Å². The van der Waals surface area contributed by atoms with Crippen molar-refractivity contribution >= 4 is 40.1 Å². The maximum absolute atomic E-state index is 12.0. The van der Waals surface area contributed by atoms with Gasteiger partial charge >= 0.3 is 0 Å². The van der Waals surface area contributed by atoms with Crippen LogP contribution < -0.4 is 5.32 Å². The zero-order chi connectivity index (χ0) is 16.2. The molecule has 23 heavy (non-hydrogen) atoms. The number of fused-ring (bicyclic) bond motifs is 1. The molecule has 1 heterocycles. The molecule has 0 bridgehead atoms. The van der Waals surface area contributed by atoms with Crippen LogP contribution in [0.3, 0.4) is 0 Å². The number of allylic oxidation sites excluding steroid dienone is 3. The van der Waals surface area contributed by atoms with Crippen LogP contribution in [-0.4, -0.2) is 28.4 Å². The summed E-state index contributed by atoms with van der Waals surface area (Å²) >= 11 is 1.16. The Morgan fingerprint density at radius 3 is 2.78 bits per heavy atom. The van der Waals surface area contributed by atoms with E-state index in [-0.39, 0.29) is 23.5 Å². The van der Waals surface area contributed by atoms with Gasteiger partial charge in [0.25, 0.3) is 5.91 Å². The Kier molecular flexibility index (Phi) is 4.52. The molecule has 2 amide bonds. The van der Waals surface area contributed by atoms with Gasteiger partial charge in [-0.15, -0.1) is 0 Å². The molecule has 1 unspecified atom stereocenters. The Labute approximate surface area is 138 Å². The maximum atomic E-state index is 12.0. The molecule has 3 rings (SSSR count). The smallest absolute Gasteiger partial charge is 0.261 e. The average Bonchev–Trinajstić information content (AvgIpc) is 2.55. The summed E-state index contributed by atoms with van der Waals surface area (Å²) < 4.78 is 0. The molecule has 0 saturated carbocycles. The lowest BCUT2D eigenvalue weighted by atomic mass is 9.97. The molecule has 1 aromatic carbocycles. The Morgan fingerprint density at radius 1 is 1.22 bits per heavy atom. The summed E-state index contributed by atoms with van der Waals surface area (Å²) in [5.74, 6) is -0.626. The Morgan fingerprint density at radius 2 is 2.00 bits per heavy atom. The van der Waals surface area contributed by atoms with Crippen molar-refractivity contribution in [2.45, 2.75) is 6.92 Å². The molecule has 1 aliphatic heterocycles. The molecule has 1 atom stereocenters. The minimum absolute atomic E-state index is 0.154. The topological polar surface area (TPSA) is 70.9 Å². The van der Waals surface area contributed by atoms with Crippen molar-refractivity contribution in [3.8, 4) is 0 Å². The van der Waals surface area contributed by atoms with E-state index < -0.39 is 0 Å². The molecule has 1 N–H and O–H groups in total. The van der Waals surface area contributed by atoms with E-state index in [1.165, 1.54) is 0 Å². The fourth-order valence-corrected chi connectivity index (χ4v) is 2.83. The normalized spacial score (nSPS) is 19.0. The number of hydrogen-bond donors (Lipinski definition) is 1. The van der Waals surface area contributed by atoms with Crippen molar-refractivity contribution in [2.75, 3.05) is 11.1 Å². The first kappa shape index (κ1) is 15.4. The van der Waals surface area contributed by atoms with E-state index in [1.54, 1.807) is 12.2 Å². The standard InChI is InChI=1S/C17H15N3O2S/c1-11-6-8-12(9-7-11)18-15(21)10-23-17-19-14-5-3-2-4-13(14)16(22)20-17/h2-9,13H,10H2,1H3,(H,18,21). The second-order valence-electron chi connectivity index (χ2n) is 5.19. The molecular weight excluding hydrogens is 310 g/mol. The average molecular weight is 325 g/mol. The fraction of sp³-hybridized carbons (Fsp3) is 0.176. The number of benzene rings is 1. The molecule has 5 nitrogen and oxygen atoms in total. The summed E-state index contributed by atoms with van der Waals surface area (Å²) in [5.41, 5.74) is 2.55. The van der Waals surface area contributed by atoms with Crippen molar-refractivity contribution < 1.29 is 9.59 Å². The highest BCUT2D eigenvalue weighted by Gasteiger charge is 2.26. The number of nitrogens with one attached hydrogen (secondary N) is 1. The predicted octanol–water partition coefficient (Wildman–Crippen LogP) is 2.75. The number of aliphatic imine (C=N–C) groups is 2. The Hall–Kier alpha value is -2.47. The summed E-state index contributed by atoms with van der Waals surface area (Å²) in [7, 11) is 0. The van der Waals surface area contributed by atoms with Crippen molar-refractivity contribution in [1.82, 2.24) is 0 Å². The van der Waals surface area contributed by atoms with Crippen molar-refractivity contribution in [3.63, 3.8) is 0 Å². The molecule has 0 fully saturated rings. The van der Waals surface area contributed by atoms with E-state index in [4.69, 9.17) is 0 Å². The van der Waals surface area contributed by atoms with E-state index in [9.17, 15) is 9.59 Å². The van der Waals surface area contributed by atoms with Gasteiger partial charge < -0.3 is 5.32 Å². The molecule has 0 aromatic heterocycles. The third-order valence-electron chi connectivity index (χ3n) is 3.36. The number of amides is 2. The van der Waals surface area contributed by atoms with Crippen LogP contribution in [0.4, 0.5) is 5.69 Å². The van der Waals surface area contributed by atoms with Crippen LogP contribution in [0.2, 0.25) is 0 Å². The molecule has 1 aromatic rings. The monoisotopic (exact) mass is 325 g/mol. The van der Waals surface area contributed by atoms with Crippen LogP contribution in [-0.2, 0) is 9.59 Å². The molecule has 0 saturated heterocycles. The van der Waals surface area contributed by atoms with E-state index in [0.717, 1.165) is 23.0 Å². The quantitative estimate of drug-likeness (QED) is 0.929. The minimum Gasteiger partial charge on any atom is -0.325 e. The van der Waals surface area contributed by atoms with E-state index in [0.29, 0.717) is 10.9 Å². The lowest BCUT2D eigenvalue weighted by molar-refractivity contribution is -0.118. The molecule has 116 valence electrons. The van der Waals surface area contributed by atoms with Gasteiger partial charge in [0.05, 0.1) is 11.5 Å². The SMILES string of the molecule is Cc1ccc(NC(=O)CSC2=NC(=O)C3C=CC=CC3=N2)cc1. The lowest BCUT2D eigenvalue weighted by Crippen LogP contribution is -2.26. The van der Waals surface area contributed by atoms with Crippen LogP contribution >= 0.6 is 11.8 Å². The summed E-state index contributed by atoms with van der Waals surface area (Å²) in [5, 5.41) is 3.14. The number of hydrogen-bond acceptors (Lipinski definition) is 4. The van der Waals surface area contributed by atoms with Gasteiger partial charge in [0.15, 0.2) is 5.17 Å². The van der Waals surface area contributed by atoms with Gasteiger partial charge in [0.2, 0.25) is 5.91 Å². The second kappa shape index (κ2) is 6.75. The molecule has 6 heteroatoms. The van der Waals surface area contributed by atoms with E-state index in [1.807, 2.05) is 43.3 Å². The highest BCUT2D eigenvalue weighted by Crippen LogP contribution is 2.20. The lowest BCUT2D eigenvalue weighted by Gasteiger charge is -2.17. The summed E-state index contributed by atoms with van der Waals surface area (Å²) in [6.45, 7) is 1.99. The summed E-state index contributed by atoms with van der Waals surface area (Å²) in [6.07, 6.45) is 7.21. The van der Waals surface area contributed by atoms with Crippen molar-refractivity contribution in [1.29, 1.82) is 0 Å². The van der Waals surface area contributed by atoms with Crippen molar-refractivity contribution in [3.05, 3.63) is 54.1 Å². The predicted molar refractivity (Wildman–Crippen MR) is 93.9 cm³/mol. The summed E-state index contributed by atoms with van der Waals surface area (Å²) in [4.78, 5) is 32.2. The first-order valence-corrected chi connectivity index (χ1v) is 8.16. The number of nitrogens with zero attached hydrogens (tertiary/aromatic N) is 2. The zero-order valence-corrected chi connectivity index (χ0v) is 13.3. The maximum Gasteiger partial charge on any atom is 0.261 e. The number of thioether (sulfide) groups is 1. The minimum atomic E-state index is -0.384. The van der Waals surface area contributed by atoms with E-state index >= 15 is 0 Å². The first-order valence-electron chi connectivity index (χ1n) is 7.17. The van der Waals surface area contributed by atoms with Crippen LogP contribution in [0.5, 0.6) is 0 Å². The summed E-state index contributed by atoms with van der Waals surface area (Å²) in [6, 6.07) is 7.57. The van der Waals surface area contributed by atoms with Crippen molar-refractivity contribution in [2.24, 2.45) is 15.9 Å². The van der Waals surface area contributed by atoms with Crippen LogP contribution in [0.1, 0.15) is 5.56 Å². The number of carbonyl (C=O) groups is 2. The zero-order valence-electron chi connectivity index (χ0n) is 12.5. The van der Waals surface area contributed by atoms with Gasteiger partial charge in [-0.1, -0.05) is 47.7 Å². The van der Waals surface area contributed by atoms with Gasteiger partial charge in [-0.25, -0.2) is 4.99 Å². The molecular formula is C17H15N3O2S. The number of amidine groups is 1. The first-order chi connectivity index (χ1) is 11.1. The Bertz CT molecular complexity index is 761. The third-order valence-corrected chi connectivity index (χ3v) is 4.21. The third kappa shape index (κ3) is 3.84. The van der Waals surface area contributed by atoms with Gasteiger partial charge in [-0.2, -0.15) is 4.99 Å². The van der Waals surface area contributed by atoms with Crippen LogP contribution in [0.15, 0.2) is 58.6 Å². The van der Waals surface area contributed by atoms with Gasteiger partial charge in [0, 0.05) is 5.69 Å². The highest BCUT2D eigenvalue weighted by molar-refractivity contribution is 8.14. The Balaban J connectivity index is 1.58. The van der Waals surface area contributed by atoms with Gasteiger partial charge in [0.1, 0.15) is 5.92 Å². The number of aryl methyl sites for hydroxylation is 1. The van der Waals surface area contributed by atoms with E-state index in [2.05, 4.69) is 15.3 Å². The fourth-order valence-electron chi connectivity index (χ4n) is 2.18. The van der Waals surface area contributed by atoms with Gasteiger partial charge in [-0.05, 0) is 25.1 Å². The number of carbonyl (C=O) groups excluding carboxylic acids is 2. The second-order valence-corrected chi connectivity index (χ2v) is 6.14. The molecule has 0 spiro atoms. The highest BCUT2D eigenvalue weighted by atomic mass is 32.2. The van der Waals surface area contributed by atoms with Crippen LogP contribution in [0.25, 0.3) is 0 Å². The largest absolute Gasteiger partial charge is 0.325 e. The molecule has 2 aliphatic rings. The molecule has 0 radical (unpaired) electrons.